The van der Waals surface area contributed by atoms with E-state index in [1.807, 2.05) is 150 Å². The number of nitro groups is 2. The highest BCUT2D eigenvalue weighted by Crippen LogP contribution is 2.41. The first-order valence-corrected chi connectivity index (χ1v) is 49.0. The van der Waals surface area contributed by atoms with Crippen LogP contribution in [0.4, 0.5) is 51.2 Å². The van der Waals surface area contributed by atoms with Crippen molar-refractivity contribution in [2.24, 2.45) is 0 Å². The van der Waals surface area contributed by atoms with E-state index in [0.29, 0.717) is 5.69 Å². The number of phenolic OH excluding ortho intramolecular Hbond substituents is 3. The molecular weight excluding hydrogens is 2210 g/mol. The third-order valence-electron chi connectivity index (χ3n) is 19.3. The highest BCUT2D eigenvalue weighted by atomic mass is 127. The van der Waals surface area contributed by atoms with E-state index in [0.717, 1.165) is 166 Å². The monoisotopic (exact) mass is 2280 g/mol. The molecule has 34 heteroatoms. The molecule has 21 rings (SSSR count). The second-order valence-electron chi connectivity index (χ2n) is 28.0. The highest BCUT2D eigenvalue weighted by molar-refractivity contribution is 14.1. The van der Waals surface area contributed by atoms with Gasteiger partial charge in [0.05, 0.1) is 81.4 Å². The summed E-state index contributed by atoms with van der Waals surface area (Å²) >= 11 is 20.1. The summed E-state index contributed by atoms with van der Waals surface area (Å²) in [6.45, 7) is 0. The molecule has 7 heterocycles. The number of rotatable bonds is 13. The molecule has 0 aliphatic heterocycles. The van der Waals surface area contributed by atoms with Gasteiger partial charge in [0.1, 0.15) is 52.3 Å². The number of nitrogens with two attached hydrogens (primary N) is 3. The van der Waals surface area contributed by atoms with E-state index in [1.54, 1.807) is 117 Å². The molecule has 0 bridgehead atoms. The predicted octanol–water partition coefficient (Wildman–Crippen LogP) is 28.0. The number of halogens is 4. The number of aromatic nitrogens is 7. The molecule has 0 aliphatic carbocycles. The van der Waals surface area contributed by atoms with Gasteiger partial charge in [0.2, 0.25) is 0 Å². The first-order chi connectivity index (χ1) is 62.4. The van der Waals surface area contributed by atoms with Crippen LogP contribution < -0.4 is 38.5 Å². The van der Waals surface area contributed by atoms with Crippen molar-refractivity contribution in [3.8, 4) is 91.2 Å². The second kappa shape index (κ2) is 42.1. The summed E-state index contributed by atoms with van der Waals surface area (Å²) in [7, 11) is 7.68. The van der Waals surface area contributed by atoms with Gasteiger partial charge < -0.3 is 53.8 Å². The fourth-order valence-corrected chi connectivity index (χ4v) is 22.1. The van der Waals surface area contributed by atoms with Crippen molar-refractivity contribution in [2.75, 3.05) is 66.7 Å². The van der Waals surface area contributed by atoms with Crippen LogP contribution in [0.2, 0.25) is 0 Å². The minimum atomic E-state index is -0.401. The average Bonchev–Trinajstić information content (AvgIpc) is 1.78. The van der Waals surface area contributed by atoms with Gasteiger partial charge in [-0.15, -0.1) is 79.4 Å². The third-order valence-corrected chi connectivity index (χ3v) is 30.5. The Hall–Kier alpha value is -12.0. The topological polar surface area (TPSA) is 363 Å². The maximum absolute atomic E-state index is 10.8. The quantitative estimate of drug-likeness (QED) is 0.0222. The standard InChI is InChI=1S/C14H11IN2OS.C14H11IN2S.C14H12N2OS.C14H12N2S.C13H8IN3O2S.C13H9IN2OS.C13H9N3O2S/c1-16-11-4-2-8(6-10(11)15)14-17-12-5-3-9(18)7-13(12)19-14;1-16-11-7-6-9(8-10(11)15)14-17-12-4-2-3-5-13(12)18-14;1-15-10-4-2-9(3-5-10)14-16-12-7-6-11(17)8-13(12)18-14;1-15-11-8-6-10(7-9-11)14-16-12-4-2-3-5-13(12)17-14;14-9-5-7(1-3-10(9)15)13-16-11-4-2-8(17(18)19)6-12(11)20-13;14-9-5-7(1-3-10(9)15)13-16-11-4-2-8(17)6-12(11)18-13;14-9-3-1-8(2-4-9)13-15-11-6-5-10(16(17)18)7-12(11)19-13/h2-7,16,18H,1H3;2-8,16H,1H3;2-8,15,17H,1H3;2-9,15H,1H3;1-6H,15H2;1-6,17H,15H2;1-7H,14H2. The van der Waals surface area contributed by atoms with Gasteiger partial charge in [0.15, 0.2) is 0 Å². The number of aromatic hydroxyl groups is 3. The zero-order valence-electron chi connectivity index (χ0n) is 68.2. The second-order valence-corrected chi connectivity index (χ2v) is 39.8. The van der Waals surface area contributed by atoms with Crippen LogP contribution in [0, 0.1) is 34.5 Å². The lowest BCUT2D eigenvalue weighted by atomic mass is 10.2. The van der Waals surface area contributed by atoms with Gasteiger partial charge in [-0.1, -0.05) is 24.3 Å². The SMILES string of the molecule is CNc1ccc(-c2nc3ccc(O)cc3s2)cc1.CNc1ccc(-c2nc3ccc(O)cc3s2)cc1I.CNc1ccc(-c2nc3ccccc3s2)cc1.CNc1ccc(-c2nc3ccccc3s2)cc1I.Nc1ccc(-c2nc3ccc(O)cc3s2)cc1I.Nc1ccc(-c2nc3ccc([N+](=O)[O-])cc3s2)cc1.Nc1ccc(-c2nc3ccc([N+](=O)[O-])cc3s2)cc1I. The van der Waals surface area contributed by atoms with Crippen LogP contribution in [0.3, 0.4) is 0 Å². The molecule has 0 unspecified atom stereocenters. The molecule has 21 aromatic rings. The number of nitrogens with one attached hydrogen (secondary N) is 4. The summed E-state index contributed by atoms with van der Waals surface area (Å²) in [4.78, 5) is 52.7. The van der Waals surface area contributed by atoms with Crippen LogP contribution >= 0.6 is 170 Å². The van der Waals surface area contributed by atoms with E-state index in [9.17, 15) is 35.5 Å². The largest absolute Gasteiger partial charge is 0.508 e. The lowest BCUT2D eigenvalue weighted by Gasteiger charge is -2.04. The van der Waals surface area contributed by atoms with Crippen molar-refractivity contribution in [2.45, 2.75) is 0 Å². The average molecular weight is 2280 g/mol. The minimum absolute atomic E-state index is 0.0830. The van der Waals surface area contributed by atoms with Crippen molar-refractivity contribution in [3.05, 3.63) is 320 Å². The molecule has 0 aliphatic rings. The third kappa shape index (κ3) is 22.8. The Morgan fingerprint density at radius 2 is 0.535 bits per heavy atom. The Balaban J connectivity index is 0.000000116. The number of fused-ring (bicyclic) bond motifs is 7. The van der Waals surface area contributed by atoms with Crippen LogP contribution in [-0.2, 0) is 0 Å². The van der Waals surface area contributed by atoms with E-state index >= 15 is 0 Å². The molecular formula is C95H72I4N16O7S7. The molecule has 0 atom stereocenters. The molecule has 129 heavy (non-hydrogen) atoms. The summed E-state index contributed by atoms with van der Waals surface area (Å²) in [6, 6.07) is 89.7. The molecule has 0 radical (unpaired) electrons. The minimum Gasteiger partial charge on any atom is -0.508 e. The number of anilines is 7. The summed E-state index contributed by atoms with van der Waals surface area (Å²) in [5, 5.41) is 69.1. The Bertz CT molecular complexity index is 7580. The van der Waals surface area contributed by atoms with Gasteiger partial charge in [-0.05, 0) is 327 Å². The Labute approximate surface area is 820 Å². The molecule has 14 aromatic carbocycles. The van der Waals surface area contributed by atoms with Gasteiger partial charge in [0, 0.05) is 145 Å². The molecule has 7 aromatic heterocycles. The zero-order chi connectivity index (χ0) is 90.5. The van der Waals surface area contributed by atoms with E-state index < -0.39 is 9.85 Å². The fraction of sp³-hybridized carbons (Fsp3) is 0.0421. The van der Waals surface area contributed by atoms with Crippen molar-refractivity contribution < 1.29 is 25.2 Å². The molecule has 23 nitrogen and oxygen atoms in total. The number of para-hydroxylation sites is 2. The normalized spacial score (nSPS) is 10.8. The molecule has 0 spiro atoms. The molecule has 0 fully saturated rings. The molecule has 0 saturated carbocycles. The molecule has 644 valence electrons. The van der Waals surface area contributed by atoms with Crippen molar-refractivity contribution in [3.63, 3.8) is 0 Å². The summed E-state index contributed by atoms with van der Waals surface area (Å²) in [6.07, 6.45) is 0. The smallest absolute Gasteiger partial charge is 0.270 e. The summed E-state index contributed by atoms with van der Waals surface area (Å²) < 4.78 is 11.4. The predicted molar refractivity (Wildman–Crippen MR) is 576 cm³/mol. The number of nitrogens with zero attached hydrogens (tertiary/aromatic N) is 9. The van der Waals surface area contributed by atoms with Crippen LogP contribution in [0.1, 0.15) is 0 Å². The van der Waals surface area contributed by atoms with Gasteiger partial charge in [-0.3, -0.25) is 20.2 Å². The Kier molecular flexibility index (Phi) is 29.9. The van der Waals surface area contributed by atoms with Crippen LogP contribution in [0.25, 0.3) is 146 Å². The van der Waals surface area contributed by atoms with Gasteiger partial charge >= 0.3 is 0 Å². The van der Waals surface area contributed by atoms with Gasteiger partial charge in [0.25, 0.3) is 11.4 Å². The van der Waals surface area contributed by atoms with Gasteiger partial charge in [-0.25, -0.2) is 34.9 Å². The van der Waals surface area contributed by atoms with Crippen molar-refractivity contribution in [1.29, 1.82) is 0 Å². The van der Waals surface area contributed by atoms with Crippen molar-refractivity contribution >= 4 is 292 Å². The molecule has 0 amide bonds. The summed E-state index contributed by atoms with van der Waals surface area (Å²) in [5.41, 5.74) is 38.0. The first kappa shape index (κ1) is 91.8. The lowest BCUT2D eigenvalue weighted by Crippen LogP contribution is -1.91. The number of nitrogen functional groups attached to an aromatic ring is 3. The van der Waals surface area contributed by atoms with Crippen LogP contribution in [-0.4, -0.2) is 88.2 Å². The van der Waals surface area contributed by atoms with E-state index in [-0.39, 0.29) is 28.6 Å². The van der Waals surface area contributed by atoms with E-state index in [2.05, 4.69) is 238 Å². The van der Waals surface area contributed by atoms with Gasteiger partial charge in [-0.2, -0.15) is 0 Å². The van der Waals surface area contributed by atoms with Crippen LogP contribution in [0.5, 0.6) is 17.2 Å². The maximum atomic E-state index is 10.8. The number of benzene rings is 14. The number of thiazole rings is 7. The number of non-ortho nitro benzene ring substituents is 2. The Morgan fingerprint density at radius 1 is 0.279 bits per heavy atom. The molecule has 13 N–H and O–H groups in total. The number of nitro benzene ring substituents is 2. The Morgan fingerprint density at radius 3 is 0.822 bits per heavy atom. The number of hydrogen-bond acceptors (Lipinski definition) is 28. The summed E-state index contributed by atoms with van der Waals surface area (Å²) in [5.74, 6) is 0.829. The molecule has 0 saturated heterocycles. The number of hydrogen-bond donors (Lipinski definition) is 10. The number of phenols is 3. The van der Waals surface area contributed by atoms with E-state index in [1.165, 1.54) is 62.5 Å². The fourth-order valence-electron chi connectivity index (χ4n) is 12.6. The first-order valence-electron chi connectivity index (χ1n) is 39.0. The lowest BCUT2D eigenvalue weighted by molar-refractivity contribution is -0.384. The maximum Gasteiger partial charge on any atom is 0.270 e. The zero-order valence-corrected chi connectivity index (χ0v) is 82.6. The van der Waals surface area contributed by atoms with E-state index in [4.69, 9.17) is 17.2 Å². The highest BCUT2D eigenvalue weighted by Gasteiger charge is 2.18. The van der Waals surface area contributed by atoms with Crippen LogP contribution in [0.15, 0.2) is 285 Å². The van der Waals surface area contributed by atoms with Crippen molar-refractivity contribution in [1.82, 2.24) is 34.9 Å².